The topological polar surface area (TPSA) is 52.1 Å². The number of ether oxygens (including phenoxy) is 1. The average Bonchev–Trinajstić information content (AvgIpc) is 3.57. The molecule has 0 radical (unpaired) electrons. The quantitative estimate of drug-likeness (QED) is 0.314. The van der Waals surface area contributed by atoms with Crippen molar-refractivity contribution in [3.63, 3.8) is 0 Å². The molecule has 0 aromatic heterocycles. The van der Waals surface area contributed by atoms with Crippen LogP contribution in [0.3, 0.4) is 0 Å². The van der Waals surface area contributed by atoms with Crippen LogP contribution in [-0.4, -0.2) is 81.3 Å². The Bertz CT molecular complexity index is 634. The molecule has 2 atom stereocenters. The molecule has 1 saturated heterocycles. The molecule has 1 aromatic rings. The molecule has 2 fully saturated rings. The third-order valence-electron chi connectivity index (χ3n) is 5.81. The molecule has 0 amide bonds. The number of hydrogen-bond donors (Lipinski definition) is 2. The average molecular weight is 519 g/mol. The number of likely N-dealkylation sites (N-methyl/N-ethyl adjacent to an activating group) is 1. The first-order chi connectivity index (χ1) is 13.6. The van der Waals surface area contributed by atoms with Crippen molar-refractivity contribution in [1.82, 2.24) is 20.4 Å². The number of guanidine groups is 1. The highest BCUT2D eigenvalue weighted by Crippen LogP contribution is 2.26. The van der Waals surface area contributed by atoms with Gasteiger partial charge < -0.3 is 15.4 Å². The molecule has 2 N–H and O–H groups in total. The molecular weight excluding hydrogens is 484 g/mol. The number of nitrogens with one attached hydrogen (secondary N) is 2. The van der Waals surface area contributed by atoms with E-state index in [1.165, 1.54) is 25.0 Å². The summed E-state index contributed by atoms with van der Waals surface area (Å²) in [7, 11) is 4.00. The van der Waals surface area contributed by atoms with Gasteiger partial charge in [-0.2, -0.15) is 0 Å². The molecule has 29 heavy (non-hydrogen) atoms. The minimum atomic E-state index is -0.205. The molecule has 164 valence electrons. The number of hydrogen-bond acceptors (Lipinski definition) is 4. The van der Waals surface area contributed by atoms with E-state index in [1.54, 1.807) is 7.05 Å². The van der Waals surface area contributed by atoms with Gasteiger partial charge in [0, 0.05) is 45.3 Å². The summed E-state index contributed by atoms with van der Waals surface area (Å²) in [5.74, 6) is 0.597. The summed E-state index contributed by atoms with van der Waals surface area (Å²) in [4.78, 5) is 9.21. The Labute approximate surface area is 191 Å². The van der Waals surface area contributed by atoms with Gasteiger partial charge in [-0.3, -0.25) is 14.8 Å². The highest BCUT2D eigenvalue weighted by atomic mass is 127. The molecular formula is C21H35FIN5O. The van der Waals surface area contributed by atoms with Crippen LogP contribution in [-0.2, 0) is 4.74 Å². The van der Waals surface area contributed by atoms with Crippen LogP contribution >= 0.6 is 24.0 Å². The van der Waals surface area contributed by atoms with Gasteiger partial charge in [0.05, 0.1) is 19.3 Å². The summed E-state index contributed by atoms with van der Waals surface area (Å²) in [6, 6.07) is 8.17. The van der Waals surface area contributed by atoms with Crippen molar-refractivity contribution in [2.45, 2.75) is 37.9 Å². The van der Waals surface area contributed by atoms with Crippen LogP contribution in [0.1, 0.15) is 31.4 Å². The van der Waals surface area contributed by atoms with Gasteiger partial charge in [0.15, 0.2) is 5.96 Å². The monoisotopic (exact) mass is 519 g/mol. The summed E-state index contributed by atoms with van der Waals surface area (Å²) in [6.07, 6.45) is 2.62. The summed E-state index contributed by atoms with van der Waals surface area (Å²) in [5, 5.41) is 6.91. The Morgan fingerprint density at radius 1 is 1.21 bits per heavy atom. The van der Waals surface area contributed by atoms with E-state index in [0.29, 0.717) is 12.6 Å². The van der Waals surface area contributed by atoms with Gasteiger partial charge in [0.2, 0.25) is 0 Å². The maximum Gasteiger partial charge on any atom is 0.191 e. The van der Waals surface area contributed by atoms with Gasteiger partial charge in [-0.05, 0) is 44.5 Å². The van der Waals surface area contributed by atoms with E-state index in [1.807, 2.05) is 12.1 Å². The van der Waals surface area contributed by atoms with Crippen LogP contribution in [0.4, 0.5) is 4.39 Å². The standard InChI is InChI=1S/C21H34FN5O.HI/c1-16(26(3)19-8-9-19)14-24-21(23-2)25-15-20(27-10-12-28-13-11-27)17-4-6-18(22)7-5-17;/h4-7,16,19-20H,8-15H2,1-3H3,(H2,23,24,25);1H. The normalized spacial score (nSPS) is 20.1. The van der Waals surface area contributed by atoms with E-state index in [2.05, 4.69) is 39.4 Å². The van der Waals surface area contributed by atoms with Crippen molar-refractivity contribution in [3.05, 3.63) is 35.6 Å². The molecule has 1 aliphatic carbocycles. The number of benzene rings is 1. The van der Waals surface area contributed by atoms with Gasteiger partial charge in [-0.15, -0.1) is 24.0 Å². The number of nitrogens with zero attached hydrogens (tertiary/aromatic N) is 3. The number of aliphatic imine (C=N–C) groups is 1. The van der Waals surface area contributed by atoms with Crippen LogP contribution in [0, 0.1) is 5.82 Å². The first-order valence-corrected chi connectivity index (χ1v) is 10.3. The highest BCUT2D eigenvalue weighted by Gasteiger charge is 2.29. The zero-order valence-electron chi connectivity index (χ0n) is 17.7. The van der Waals surface area contributed by atoms with Crippen molar-refractivity contribution in [3.8, 4) is 0 Å². The first-order valence-electron chi connectivity index (χ1n) is 10.3. The molecule has 3 rings (SSSR count). The fourth-order valence-corrected chi connectivity index (χ4v) is 3.68. The predicted molar refractivity (Wildman–Crippen MR) is 127 cm³/mol. The first kappa shape index (κ1) is 24.3. The Kier molecular flexibility index (Phi) is 10.1. The zero-order valence-corrected chi connectivity index (χ0v) is 20.1. The van der Waals surface area contributed by atoms with Crippen LogP contribution in [0.15, 0.2) is 29.3 Å². The largest absolute Gasteiger partial charge is 0.379 e. The number of rotatable bonds is 8. The SMILES string of the molecule is CN=C(NCC(c1ccc(F)cc1)N1CCOCC1)NCC(C)N(C)C1CC1.I. The molecule has 0 bridgehead atoms. The second-order valence-electron chi connectivity index (χ2n) is 7.80. The van der Waals surface area contributed by atoms with Gasteiger partial charge in [0.25, 0.3) is 0 Å². The molecule has 6 nitrogen and oxygen atoms in total. The van der Waals surface area contributed by atoms with E-state index in [4.69, 9.17) is 4.74 Å². The Balaban J connectivity index is 0.00000300. The fourth-order valence-electron chi connectivity index (χ4n) is 3.68. The van der Waals surface area contributed by atoms with Gasteiger partial charge in [-0.25, -0.2) is 4.39 Å². The summed E-state index contributed by atoms with van der Waals surface area (Å²) < 4.78 is 18.9. The Hall–Kier alpha value is -0.970. The minimum absolute atomic E-state index is 0. The molecule has 2 unspecified atom stereocenters. The van der Waals surface area contributed by atoms with Crippen molar-refractivity contribution in [2.24, 2.45) is 4.99 Å². The van der Waals surface area contributed by atoms with Crippen LogP contribution in [0.2, 0.25) is 0 Å². The summed E-state index contributed by atoms with van der Waals surface area (Å²) in [6.45, 7) is 7.01. The van der Waals surface area contributed by atoms with Crippen LogP contribution < -0.4 is 10.6 Å². The molecule has 1 saturated carbocycles. The molecule has 0 spiro atoms. The van der Waals surface area contributed by atoms with Crippen molar-refractivity contribution in [1.29, 1.82) is 0 Å². The molecule has 1 aliphatic heterocycles. The fraction of sp³-hybridized carbons (Fsp3) is 0.667. The second kappa shape index (κ2) is 12.0. The predicted octanol–water partition coefficient (Wildman–Crippen LogP) is 2.46. The number of halogens is 2. The lowest BCUT2D eigenvalue weighted by molar-refractivity contribution is 0.0170. The minimum Gasteiger partial charge on any atom is -0.379 e. The maximum atomic E-state index is 13.4. The highest BCUT2D eigenvalue weighted by molar-refractivity contribution is 14.0. The second-order valence-corrected chi connectivity index (χ2v) is 7.80. The van der Waals surface area contributed by atoms with Crippen molar-refractivity contribution in [2.75, 3.05) is 53.5 Å². The van der Waals surface area contributed by atoms with Crippen LogP contribution in [0.5, 0.6) is 0 Å². The van der Waals surface area contributed by atoms with Gasteiger partial charge in [0.1, 0.15) is 5.82 Å². The number of morpholine rings is 1. The molecule has 1 aromatic carbocycles. The van der Waals surface area contributed by atoms with Crippen molar-refractivity contribution < 1.29 is 9.13 Å². The van der Waals surface area contributed by atoms with E-state index >= 15 is 0 Å². The lowest BCUT2D eigenvalue weighted by Gasteiger charge is -2.35. The third-order valence-corrected chi connectivity index (χ3v) is 5.81. The van der Waals surface area contributed by atoms with E-state index in [-0.39, 0.29) is 35.8 Å². The van der Waals surface area contributed by atoms with E-state index in [0.717, 1.165) is 50.4 Å². The Morgan fingerprint density at radius 3 is 2.41 bits per heavy atom. The third kappa shape index (κ3) is 7.34. The molecule has 1 heterocycles. The Morgan fingerprint density at radius 2 is 1.83 bits per heavy atom. The molecule has 8 heteroatoms. The summed E-state index contributed by atoms with van der Waals surface area (Å²) >= 11 is 0. The van der Waals surface area contributed by atoms with Crippen LogP contribution in [0.25, 0.3) is 0 Å². The zero-order chi connectivity index (χ0) is 19.9. The summed E-state index contributed by atoms with van der Waals surface area (Å²) in [5.41, 5.74) is 1.10. The lowest BCUT2D eigenvalue weighted by Crippen LogP contribution is -2.48. The van der Waals surface area contributed by atoms with E-state index in [9.17, 15) is 4.39 Å². The smallest absolute Gasteiger partial charge is 0.191 e. The van der Waals surface area contributed by atoms with E-state index < -0.39 is 0 Å². The van der Waals surface area contributed by atoms with Crippen molar-refractivity contribution >= 4 is 29.9 Å². The maximum absolute atomic E-state index is 13.4. The van der Waals surface area contributed by atoms with Gasteiger partial charge in [-0.1, -0.05) is 12.1 Å². The molecule has 2 aliphatic rings. The van der Waals surface area contributed by atoms with Gasteiger partial charge >= 0.3 is 0 Å². The lowest BCUT2D eigenvalue weighted by atomic mass is 10.0.